The van der Waals surface area contributed by atoms with E-state index in [4.69, 9.17) is 4.74 Å². The summed E-state index contributed by atoms with van der Waals surface area (Å²) in [5.41, 5.74) is -0.337. The normalized spacial score (nSPS) is 29.5. The van der Waals surface area contributed by atoms with Gasteiger partial charge in [0.05, 0.1) is 42.4 Å². The van der Waals surface area contributed by atoms with E-state index in [1.165, 1.54) is 13.2 Å². The van der Waals surface area contributed by atoms with E-state index in [9.17, 15) is 19.8 Å². The quantitative estimate of drug-likeness (QED) is 0.470. The third-order valence-corrected chi connectivity index (χ3v) is 8.00. The summed E-state index contributed by atoms with van der Waals surface area (Å²) in [5.74, 6) is -1.64. The molecule has 2 aliphatic rings. The third-order valence-electron chi connectivity index (χ3n) is 8.00. The molecule has 10 heteroatoms. The first-order chi connectivity index (χ1) is 18.2. The molecule has 0 aliphatic carbocycles. The second-order valence-corrected chi connectivity index (χ2v) is 10.4. The van der Waals surface area contributed by atoms with E-state index in [1.54, 1.807) is 24.5 Å². The fourth-order valence-corrected chi connectivity index (χ4v) is 6.72. The first kappa shape index (κ1) is 25.9. The molecule has 3 aromatic heterocycles. The molecular formula is C28H31N5O5. The lowest BCUT2D eigenvalue weighted by Gasteiger charge is -2.65. The Balaban J connectivity index is 1.68. The highest BCUT2D eigenvalue weighted by Crippen LogP contribution is 2.61. The van der Waals surface area contributed by atoms with E-state index in [2.05, 4.69) is 24.8 Å². The number of carbonyl (C=O) groups is 2. The molecule has 5 unspecified atom stereocenters. The van der Waals surface area contributed by atoms with Crippen LogP contribution in [0.25, 0.3) is 0 Å². The lowest BCUT2D eigenvalue weighted by atomic mass is 9.54. The molecule has 2 bridgehead atoms. The van der Waals surface area contributed by atoms with Crippen LogP contribution in [-0.4, -0.2) is 80.3 Å². The highest BCUT2D eigenvalue weighted by molar-refractivity contribution is 5.85. The van der Waals surface area contributed by atoms with Gasteiger partial charge in [-0.3, -0.25) is 24.6 Å². The van der Waals surface area contributed by atoms with E-state index in [1.807, 2.05) is 50.4 Å². The van der Waals surface area contributed by atoms with Gasteiger partial charge in [-0.1, -0.05) is 25.1 Å². The summed E-state index contributed by atoms with van der Waals surface area (Å²) in [6.07, 6.45) is 2.30. The summed E-state index contributed by atoms with van der Waals surface area (Å²) in [6, 6.07) is 15.1. The summed E-state index contributed by atoms with van der Waals surface area (Å²) in [7, 11) is 3.27. The molecule has 0 spiro atoms. The molecule has 2 saturated heterocycles. The number of fused-ring (bicyclic) bond motifs is 2. The lowest BCUT2D eigenvalue weighted by molar-refractivity contribution is -0.242. The number of carboxylic acid groups (broad SMARTS) is 1. The average Bonchev–Trinajstić information content (AvgIpc) is 2.91. The summed E-state index contributed by atoms with van der Waals surface area (Å²) in [6.45, 7) is 2.82. The standard InChI is InChI=1S/C28H31N5O5/c1-27-16-33(15-18-9-8-12-21(31-18)24(34)35)17-28(25(27)36,26(37)38-3)23(20-11-5-7-14-30-20)32(2)22(27)19-10-4-6-13-29-19/h4-14,22-23,25,36H,15-17H2,1-3H3,(H,34,35). The van der Waals surface area contributed by atoms with Crippen molar-refractivity contribution < 1.29 is 24.5 Å². The van der Waals surface area contributed by atoms with Crippen LogP contribution < -0.4 is 0 Å². The molecule has 2 N–H and O–H groups in total. The number of pyridine rings is 3. The number of hydrogen-bond acceptors (Lipinski definition) is 9. The Hall–Kier alpha value is -3.73. The van der Waals surface area contributed by atoms with Gasteiger partial charge in [-0.2, -0.15) is 0 Å². The van der Waals surface area contributed by atoms with Gasteiger partial charge >= 0.3 is 11.9 Å². The maximum Gasteiger partial charge on any atom is 0.354 e. The Bertz CT molecular complexity index is 1330. The fraction of sp³-hybridized carbons (Fsp3) is 0.393. The molecule has 0 radical (unpaired) electrons. The number of carbonyl (C=O) groups excluding carboxylic acids is 1. The van der Waals surface area contributed by atoms with Crippen LogP contribution >= 0.6 is 0 Å². The van der Waals surface area contributed by atoms with Gasteiger partial charge in [0, 0.05) is 37.4 Å². The molecule has 5 atom stereocenters. The number of aliphatic hydroxyl groups is 1. The smallest absolute Gasteiger partial charge is 0.354 e. The largest absolute Gasteiger partial charge is 0.477 e. The Kier molecular flexibility index (Phi) is 6.72. The van der Waals surface area contributed by atoms with Crippen molar-refractivity contribution in [1.82, 2.24) is 24.8 Å². The predicted molar refractivity (Wildman–Crippen MR) is 137 cm³/mol. The molecule has 0 saturated carbocycles. The minimum absolute atomic E-state index is 0.0499. The monoisotopic (exact) mass is 517 g/mol. The van der Waals surface area contributed by atoms with E-state index in [0.717, 1.165) is 5.69 Å². The number of esters is 1. The molecule has 198 valence electrons. The number of aromatic nitrogens is 3. The van der Waals surface area contributed by atoms with Crippen LogP contribution in [0.2, 0.25) is 0 Å². The molecular weight excluding hydrogens is 486 g/mol. The van der Waals surface area contributed by atoms with Crippen molar-refractivity contribution in [2.75, 3.05) is 27.2 Å². The van der Waals surface area contributed by atoms with Crippen LogP contribution in [0.15, 0.2) is 67.0 Å². The van der Waals surface area contributed by atoms with Gasteiger partial charge in [0.1, 0.15) is 11.1 Å². The van der Waals surface area contributed by atoms with E-state index in [-0.39, 0.29) is 24.8 Å². The minimum Gasteiger partial charge on any atom is -0.477 e. The maximum absolute atomic E-state index is 13.8. The number of carboxylic acids is 1. The van der Waals surface area contributed by atoms with Gasteiger partial charge in [-0.05, 0) is 43.4 Å². The van der Waals surface area contributed by atoms with Crippen LogP contribution in [0.4, 0.5) is 0 Å². The number of likely N-dealkylation sites (tertiary alicyclic amines) is 2. The first-order valence-corrected chi connectivity index (χ1v) is 12.4. The molecule has 3 aromatic rings. The molecule has 5 rings (SSSR count). The van der Waals surface area contributed by atoms with Crippen molar-refractivity contribution >= 4 is 11.9 Å². The van der Waals surface area contributed by atoms with Crippen LogP contribution in [0, 0.1) is 10.8 Å². The van der Waals surface area contributed by atoms with Crippen molar-refractivity contribution in [2.24, 2.45) is 10.8 Å². The van der Waals surface area contributed by atoms with Crippen LogP contribution in [0.3, 0.4) is 0 Å². The Morgan fingerprint density at radius 2 is 1.66 bits per heavy atom. The maximum atomic E-state index is 13.8. The number of methoxy groups -OCH3 is 1. The zero-order chi connectivity index (χ0) is 27.1. The fourth-order valence-electron chi connectivity index (χ4n) is 6.72. The van der Waals surface area contributed by atoms with Crippen LogP contribution in [-0.2, 0) is 16.1 Å². The second-order valence-electron chi connectivity index (χ2n) is 10.4. The van der Waals surface area contributed by atoms with Gasteiger partial charge in [0.15, 0.2) is 0 Å². The Morgan fingerprint density at radius 3 is 2.24 bits per heavy atom. The number of aromatic carboxylic acids is 1. The van der Waals surface area contributed by atoms with Gasteiger partial charge in [0.2, 0.25) is 0 Å². The number of ether oxygens (including phenoxy) is 1. The summed E-state index contributed by atoms with van der Waals surface area (Å²) < 4.78 is 5.38. The summed E-state index contributed by atoms with van der Waals surface area (Å²) >= 11 is 0. The SMILES string of the molecule is COC(=O)C12CN(Cc3cccc(C(=O)O)n3)CC(C)(C(c3ccccn3)N(C)C1c1ccccn1)C2O. The highest BCUT2D eigenvalue weighted by Gasteiger charge is 2.70. The second kappa shape index (κ2) is 9.86. The van der Waals surface area contributed by atoms with E-state index in [0.29, 0.717) is 17.9 Å². The zero-order valence-corrected chi connectivity index (χ0v) is 21.6. The van der Waals surface area contributed by atoms with Crippen LogP contribution in [0.5, 0.6) is 0 Å². The molecule has 0 aromatic carbocycles. The third kappa shape index (κ3) is 4.05. The summed E-state index contributed by atoms with van der Waals surface area (Å²) in [5, 5.41) is 21.6. The Morgan fingerprint density at radius 1 is 1.00 bits per heavy atom. The number of nitrogens with zero attached hydrogens (tertiary/aromatic N) is 5. The van der Waals surface area contributed by atoms with E-state index < -0.39 is 34.9 Å². The molecule has 5 heterocycles. The van der Waals surface area contributed by atoms with Crippen LogP contribution in [0.1, 0.15) is 46.6 Å². The molecule has 10 nitrogen and oxygen atoms in total. The van der Waals surface area contributed by atoms with Gasteiger partial charge < -0.3 is 14.9 Å². The zero-order valence-electron chi connectivity index (χ0n) is 21.6. The average molecular weight is 518 g/mol. The van der Waals surface area contributed by atoms with Crippen molar-refractivity contribution in [3.63, 3.8) is 0 Å². The number of rotatable bonds is 6. The highest BCUT2D eigenvalue weighted by atomic mass is 16.5. The molecule has 38 heavy (non-hydrogen) atoms. The number of piperidine rings is 2. The minimum atomic E-state index is -1.39. The topological polar surface area (TPSA) is 129 Å². The molecule has 0 amide bonds. The number of hydrogen-bond donors (Lipinski definition) is 2. The van der Waals surface area contributed by atoms with Gasteiger partial charge in [-0.25, -0.2) is 9.78 Å². The van der Waals surface area contributed by atoms with Crippen molar-refractivity contribution in [3.8, 4) is 0 Å². The van der Waals surface area contributed by atoms with Crippen molar-refractivity contribution in [1.29, 1.82) is 0 Å². The predicted octanol–water partition coefficient (Wildman–Crippen LogP) is 2.34. The van der Waals surface area contributed by atoms with E-state index >= 15 is 0 Å². The summed E-state index contributed by atoms with van der Waals surface area (Å²) in [4.78, 5) is 43.0. The van der Waals surface area contributed by atoms with Crippen molar-refractivity contribution in [3.05, 3.63) is 89.8 Å². The Labute approximate surface area is 220 Å². The van der Waals surface area contributed by atoms with Crippen molar-refractivity contribution in [2.45, 2.75) is 31.7 Å². The molecule has 2 aliphatic heterocycles. The lowest BCUT2D eigenvalue weighted by Crippen LogP contribution is -2.74. The van der Waals surface area contributed by atoms with Gasteiger partial charge in [-0.15, -0.1) is 0 Å². The molecule has 2 fully saturated rings. The van der Waals surface area contributed by atoms with Gasteiger partial charge in [0.25, 0.3) is 0 Å². The number of aliphatic hydroxyl groups excluding tert-OH is 1. The first-order valence-electron chi connectivity index (χ1n) is 12.4.